The molecule has 1 aliphatic heterocycles. The van der Waals surface area contributed by atoms with Crippen molar-refractivity contribution in [2.75, 3.05) is 18.6 Å². The Morgan fingerprint density at radius 2 is 2.50 bits per heavy atom. The minimum Gasteiger partial charge on any atom is -0.479 e. The highest BCUT2D eigenvalue weighted by molar-refractivity contribution is 7.99. The molecule has 0 aromatic carbocycles. The average Bonchev–Trinajstić information content (AvgIpc) is 2.35. The minimum absolute atomic E-state index is 0.582. The predicted molar refractivity (Wildman–Crippen MR) is 39.3 cm³/mol. The molecule has 0 aliphatic carbocycles. The predicted octanol–water partition coefficient (Wildman–Crippen LogP) is 0.593. The van der Waals surface area contributed by atoms with Crippen molar-refractivity contribution in [2.24, 2.45) is 0 Å². The lowest BCUT2D eigenvalue weighted by molar-refractivity contribution is -0.158. The van der Waals surface area contributed by atoms with Gasteiger partial charge in [0.2, 0.25) is 0 Å². The van der Waals surface area contributed by atoms with Crippen LogP contribution in [-0.2, 0) is 9.53 Å². The molecule has 3 nitrogen and oxygen atoms in total. The van der Waals surface area contributed by atoms with E-state index >= 15 is 0 Å². The molecule has 1 atom stereocenters. The fraction of sp³-hybridized carbons (Fsp3) is 0.833. The zero-order valence-corrected chi connectivity index (χ0v) is 6.61. The van der Waals surface area contributed by atoms with Crippen LogP contribution in [0.25, 0.3) is 0 Å². The molecule has 1 fully saturated rings. The number of carboxylic acids is 1. The Hall–Kier alpha value is -0.220. The van der Waals surface area contributed by atoms with Gasteiger partial charge in [0.1, 0.15) is 0 Å². The summed E-state index contributed by atoms with van der Waals surface area (Å²) in [5, 5.41) is 8.73. The van der Waals surface area contributed by atoms with Crippen LogP contribution in [0.3, 0.4) is 0 Å². The molecule has 0 aromatic rings. The third-order valence-electron chi connectivity index (χ3n) is 1.77. The molecule has 1 saturated heterocycles. The molecule has 0 amide bonds. The monoisotopic (exact) mass is 162 g/mol. The Kier molecular flexibility index (Phi) is 2.21. The molecule has 4 heteroatoms. The van der Waals surface area contributed by atoms with Crippen LogP contribution < -0.4 is 0 Å². The Balaban J connectivity index is 2.67. The number of thioether (sulfide) groups is 1. The maximum atomic E-state index is 10.6. The van der Waals surface area contributed by atoms with Gasteiger partial charge in [0.05, 0.1) is 0 Å². The van der Waals surface area contributed by atoms with E-state index in [2.05, 4.69) is 0 Å². The van der Waals surface area contributed by atoms with Crippen molar-refractivity contribution in [3.63, 3.8) is 0 Å². The zero-order chi connectivity index (χ0) is 7.61. The molecule has 1 heterocycles. The normalized spacial score (nSPS) is 32.5. The first-order chi connectivity index (χ1) is 4.71. The molecule has 0 bridgehead atoms. The van der Waals surface area contributed by atoms with Crippen LogP contribution in [0.1, 0.15) is 6.42 Å². The Morgan fingerprint density at radius 3 is 2.70 bits per heavy atom. The number of carbonyl (C=O) groups is 1. The Morgan fingerprint density at radius 1 is 1.80 bits per heavy atom. The molecule has 0 spiro atoms. The standard InChI is InChI=1S/C6H10O3S/c1-9-6(5(7)8)2-3-10-4-6/h2-4H2,1H3,(H,7,8). The maximum Gasteiger partial charge on any atom is 0.336 e. The minimum atomic E-state index is -0.884. The van der Waals surface area contributed by atoms with Crippen LogP contribution in [0.4, 0.5) is 0 Å². The molecule has 0 radical (unpaired) electrons. The van der Waals surface area contributed by atoms with Gasteiger partial charge < -0.3 is 9.84 Å². The fourth-order valence-corrected chi connectivity index (χ4v) is 2.30. The molecule has 10 heavy (non-hydrogen) atoms. The van der Waals surface area contributed by atoms with Gasteiger partial charge >= 0.3 is 5.97 Å². The number of methoxy groups -OCH3 is 1. The van der Waals surface area contributed by atoms with Crippen molar-refractivity contribution >= 4 is 17.7 Å². The number of carboxylic acid groups (broad SMARTS) is 1. The SMILES string of the molecule is COC1(C(=O)O)CCSC1. The molecule has 0 aromatic heterocycles. The van der Waals surface area contributed by atoms with Crippen molar-refractivity contribution in [2.45, 2.75) is 12.0 Å². The van der Waals surface area contributed by atoms with Crippen LogP contribution in [0.2, 0.25) is 0 Å². The van der Waals surface area contributed by atoms with Crippen molar-refractivity contribution < 1.29 is 14.6 Å². The van der Waals surface area contributed by atoms with E-state index < -0.39 is 11.6 Å². The number of hydrogen-bond acceptors (Lipinski definition) is 3. The first kappa shape index (κ1) is 7.88. The van der Waals surface area contributed by atoms with E-state index in [1.165, 1.54) is 7.11 Å². The van der Waals surface area contributed by atoms with E-state index in [-0.39, 0.29) is 0 Å². The fourth-order valence-electron chi connectivity index (χ4n) is 0.963. The van der Waals surface area contributed by atoms with Crippen LogP contribution in [-0.4, -0.2) is 35.3 Å². The summed E-state index contributed by atoms with van der Waals surface area (Å²) in [5.41, 5.74) is -0.884. The lowest BCUT2D eigenvalue weighted by atomic mass is 10.0. The van der Waals surface area contributed by atoms with Crippen LogP contribution in [0.5, 0.6) is 0 Å². The van der Waals surface area contributed by atoms with E-state index in [4.69, 9.17) is 9.84 Å². The van der Waals surface area contributed by atoms with Crippen molar-refractivity contribution in [1.82, 2.24) is 0 Å². The lowest BCUT2D eigenvalue weighted by Gasteiger charge is -2.20. The first-order valence-electron chi connectivity index (χ1n) is 3.07. The summed E-state index contributed by atoms with van der Waals surface area (Å²) in [7, 11) is 1.46. The van der Waals surface area contributed by atoms with Crippen molar-refractivity contribution in [1.29, 1.82) is 0 Å². The second-order valence-electron chi connectivity index (χ2n) is 2.31. The van der Waals surface area contributed by atoms with Gasteiger partial charge in [0.25, 0.3) is 0 Å². The second kappa shape index (κ2) is 2.80. The third-order valence-corrected chi connectivity index (χ3v) is 2.93. The molecular weight excluding hydrogens is 152 g/mol. The Labute approximate surface area is 63.8 Å². The summed E-state index contributed by atoms with van der Waals surface area (Å²) in [6.07, 6.45) is 0.628. The van der Waals surface area contributed by atoms with E-state index in [1.807, 2.05) is 0 Å². The highest BCUT2D eigenvalue weighted by atomic mass is 32.2. The number of hydrogen-bond donors (Lipinski definition) is 1. The topological polar surface area (TPSA) is 46.5 Å². The van der Waals surface area contributed by atoms with Crippen LogP contribution >= 0.6 is 11.8 Å². The summed E-state index contributed by atoms with van der Waals surface area (Å²) < 4.78 is 4.94. The number of rotatable bonds is 2. The van der Waals surface area contributed by atoms with Crippen molar-refractivity contribution in [3.8, 4) is 0 Å². The van der Waals surface area contributed by atoms with E-state index in [0.29, 0.717) is 12.2 Å². The van der Waals surface area contributed by atoms with Gasteiger partial charge in [-0.05, 0) is 12.2 Å². The largest absolute Gasteiger partial charge is 0.479 e. The average molecular weight is 162 g/mol. The summed E-state index contributed by atoms with van der Waals surface area (Å²) in [5.74, 6) is 0.638. The second-order valence-corrected chi connectivity index (χ2v) is 3.41. The highest BCUT2D eigenvalue weighted by Gasteiger charge is 2.41. The number of aliphatic carboxylic acids is 1. The van der Waals surface area contributed by atoms with Gasteiger partial charge in [0.15, 0.2) is 5.60 Å². The van der Waals surface area contributed by atoms with Gasteiger partial charge in [-0.1, -0.05) is 0 Å². The summed E-state index contributed by atoms with van der Waals surface area (Å²) in [4.78, 5) is 10.6. The van der Waals surface area contributed by atoms with Crippen LogP contribution in [0, 0.1) is 0 Å². The molecule has 1 aliphatic rings. The van der Waals surface area contributed by atoms with Gasteiger partial charge in [-0.2, -0.15) is 11.8 Å². The third kappa shape index (κ3) is 1.13. The molecule has 1 N–H and O–H groups in total. The van der Waals surface area contributed by atoms with Crippen LogP contribution in [0.15, 0.2) is 0 Å². The smallest absolute Gasteiger partial charge is 0.336 e. The molecule has 1 rings (SSSR count). The lowest BCUT2D eigenvalue weighted by Crippen LogP contribution is -2.40. The van der Waals surface area contributed by atoms with E-state index in [9.17, 15) is 4.79 Å². The highest BCUT2D eigenvalue weighted by Crippen LogP contribution is 2.30. The van der Waals surface area contributed by atoms with Crippen molar-refractivity contribution in [3.05, 3.63) is 0 Å². The van der Waals surface area contributed by atoms with Gasteiger partial charge in [0, 0.05) is 12.9 Å². The number of ether oxygens (including phenoxy) is 1. The van der Waals surface area contributed by atoms with Gasteiger partial charge in [-0.15, -0.1) is 0 Å². The molecule has 58 valence electrons. The summed E-state index contributed by atoms with van der Waals surface area (Å²) in [6.45, 7) is 0. The van der Waals surface area contributed by atoms with Gasteiger partial charge in [-0.3, -0.25) is 0 Å². The summed E-state index contributed by atoms with van der Waals surface area (Å²) in [6, 6.07) is 0. The quantitative estimate of drug-likeness (QED) is 0.645. The summed E-state index contributed by atoms with van der Waals surface area (Å²) >= 11 is 1.63. The molecular formula is C6H10O3S. The van der Waals surface area contributed by atoms with Gasteiger partial charge in [-0.25, -0.2) is 4.79 Å². The zero-order valence-electron chi connectivity index (χ0n) is 5.79. The first-order valence-corrected chi connectivity index (χ1v) is 4.23. The van der Waals surface area contributed by atoms with E-state index in [1.54, 1.807) is 11.8 Å². The van der Waals surface area contributed by atoms with E-state index in [0.717, 1.165) is 5.75 Å². The molecule has 1 unspecified atom stereocenters. The maximum absolute atomic E-state index is 10.6. The molecule has 0 saturated carbocycles. The Bertz CT molecular complexity index is 140.